The number of para-hydroxylation sites is 1. The molecule has 13 rings (SSSR count). The lowest BCUT2D eigenvalue weighted by Gasteiger charge is -2.16. The van der Waals surface area contributed by atoms with E-state index in [0.717, 1.165) is 60.2 Å². The number of furan rings is 1. The monoisotopic (exact) mass is 755 g/mol. The van der Waals surface area contributed by atoms with Crippen LogP contribution in [0.25, 0.3) is 130 Å². The summed E-state index contributed by atoms with van der Waals surface area (Å²) < 4.78 is 8.84. The second kappa shape index (κ2) is 12.0. The maximum atomic E-state index is 6.41. The van der Waals surface area contributed by atoms with E-state index in [-0.39, 0.29) is 0 Å². The molecule has 0 N–H and O–H groups in total. The normalized spacial score (nSPS) is 12.1. The third-order valence-corrected chi connectivity index (χ3v) is 13.0. The van der Waals surface area contributed by atoms with Gasteiger partial charge in [-0.05, 0) is 84.9 Å². The van der Waals surface area contributed by atoms with Crippen molar-refractivity contribution >= 4 is 107 Å². The third-order valence-electron chi connectivity index (χ3n) is 11.9. The first-order chi connectivity index (χ1) is 28.7. The Hall–Kier alpha value is -7.47. The second-order valence-corrected chi connectivity index (χ2v) is 16.2. The Morgan fingerprint density at radius 1 is 0.345 bits per heavy atom. The quantitative estimate of drug-likeness (QED) is 0.169. The maximum absolute atomic E-state index is 6.41. The molecule has 0 fully saturated rings. The predicted molar refractivity (Wildman–Crippen MR) is 244 cm³/mol. The molecule has 0 saturated carbocycles. The summed E-state index contributed by atoms with van der Waals surface area (Å²) in [5.41, 5.74) is 4.50. The van der Waals surface area contributed by atoms with Crippen LogP contribution in [0.4, 0.5) is 0 Å². The van der Waals surface area contributed by atoms with Crippen molar-refractivity contribution in [2.75, 3.05) is 0 Å². The molecular weight excluding hydrogens is 727 g/mol. The summed E-state index contributed by atoms with van der Waals surface area (Å²) in [4.78, 5) is 16.4. The molecule has 0 amide bonds. The SMILES string of the molecule is c1ccc2cc3c(cc2c1)sc1cc2c4ccccc4c4ccccc4c2c(-c2nc(-c4ccc5c(c4)oc4ccccc45)nc(-c4cccc5ccccc45)n2)c13. The summed E-state index contributed by atoms with van der Waals surface area (Å²) in [5, 5.41) is 16.3. The number of nitrogens with zero attached hydrogens (tertiary/aromatic N) is 3. The molecule has 0 atom stereocenters. The zero-order valence-corrected chi connectivity index (χ0v) is 31.7. The van der Waals surface area contributed by atoms with Crippen LogP contribution in [-0.4, -0.2) is 15.0 Å². The van der Waals surface area contributed by atoms with Crippen LogP contribution in [0.5, 0.6) is 0 Å². The van der Waals surface area contributed by atoms with Crippen LogP contribution in [0.15, 0.2) is 180 Å². The van der Waals surface area contributed by atoms with E-state index in [9.17, 15) is 0 Å². The summed E-state index contributed by atoms with van der Waals surface area (Å²) in [7, 11) is 0. The number of thiophene rings is 1. The van der Waals surface area contributed by atoms with Gasteiger partial charge in [0, 0.05) is 53.0 Å². The van der Waals surface area contributed by atoms with Gasteiger partial charge in [-0.3, -0.25) is 0 Å². The molecule has 3 aromatic heterocycles. The highest BCUT2D eigenvalue weighted by Gasteiger charge is 2.24. The van der Waals surface area contributed by atoms with Crippen LogP contribution in [0, 0.1) is 0 Å². The minimum absolute atomic E-state index is 0.593. The highest BCUT2D eigenvalue weighted by molar-refractivity contribution is 7.26. The number of hydrogen-bond donors (Lipinski definition) is 0. The Morgan fingerprint density at radius 3 is 1.78 bits per heavy atom. The van der Waals surface area contributed by atoms with Crippen LogP contribution in [0.3, 0.4) is 0 Å². The minimum atomic E-state index is 0.593. The highest BCUT2D eigenvalue weighted by Crippen LogP contribution is 2.49. The molecule has 58 heavy (non-hydrogen) atoms. The van der Waals surface area contributed by atoms with Gasteiger partial charge in [-0.15, -0.1) is 11.3 Å². The van der Waals surface area contributed by atoms with E-state index >= 15 is 0 Å². The van der Waals surface area contributed by atoms with E-state index in [1.807, 2.05) is 23.5 Å². The maximum Gasteiger partial charge on any atom is 0.165 e. The first-order valence-electron chi connectivity index (χ1n) is 19.5. The molecule has 4 nitrogen and oxygen atoms in total. The van der Waals surface area contributed by atoms with Crippen molar-refractivity contribution in [2.45, 2.75) is 0 Å². The van der Waals surface area contributed by atoms with E-state index < -0.39 is 0 Å². The van der Waals surface area contributed by atoms with Gasteiger partial charge in [0.15, 0.2) is 17.5 Å². The molecule has 0 spiro atoms. The fraction of sp³-hybridized carbons (Fsp3) is 0. The Balaban J connectivity index is 1.22. The van der Waals surface area contributed by atoms with Gasteiger partial charge in [0.05, 0.1) is 0 Å². The number of hydrogen-bond acceptors (Lipinski definition) is 5. The van der Waals surface area contributed by atoms with Crippen molar-refractivity contribution in [1.82, 2.24) is 15.0 Å². The minimum Gasteiger partial charge on any atom is -0.456 e. The van der Waals surface area contributed by atoms with Crippen LogP contribution in [0.2, 0.25) is 0 Å². The van der Waals surface area contributed by atoms with Crippen molar-refractivity contribution in [3.8, 4) is 34.2 Å². The highest BCUT2D eigenvalue weighted by atomic mass is 32.1. The van der Waals surface area contributed by atoms with Gasteiger partial charge in [0.1, 0.15) is 11.2 Å². The summed E-state index contributed by atoms with van der Waals surface area (Å²) in [5.74, 6) is 1.86. The van der Waals surface area contributed by atoms with Gasteiger partial charge >= 0.3 is 0 Å². The van der Waals surface area contributed by atoms with Crippen LogP contribution >= 0.6 is 11.3 Å². The summed E-state index contributed by atoms with van der Waals surface area (Å²) in [6.07, 6.45) is 0. The molecule has 0 aliphatic carbocycles. The smallest absolute Gasteiger partial charge is 0.165 e. The molecule has 10 aromatic carbocycles. The average molecular weight is 756 g/mol. The van der Waals surface area contributed by atoms with Gasteiger partial charge < -0.3 is 4.42 Å². The number of rotatable bonds is 3. The Bertz CT molecular complexity index is 3870. The lowest BCUT2D eigenvalue weighted by Crippen LogP contribution is -2.01. The Labute approximate surface area is 335 Å². The fourth-order valence-corrected chi connectivity index (χ4v) is 10.4. The topological polar surface area (TPSA) is 51.8 Å². The average Bonchev–Trinajstić information content (AvgIpc) is 3.84. The lowest BCUT2D eigenvalue weighted by atomic mass is 9.89. The predicted octanol–water partition coefficient (Wildman–Crippen LogP) is 14.9. The third kappa shape index (κ3) is 4.59. The molecule has 0 saturated heterocycles. The van der Waals surface area contributed by atoms with Gasteiger partial charge in [-0.25, -0.2) is 15.0 Å². The molecule has 268 valence electrons. The summed E-state index contributed by atoms with van der Waals surface area (Å²) in [6.45, 7) is 0. The molecule has 0 radical (unpaired) electrons. The molecule has 0 unspecified atom stereocenters. The van der Waals surface area contributed by atoms with Crippen molar-refractivity contribution in [3.05, 3.63) is 176 Å². The largest absolute Gasteiger partial charge is 0.456 e. The van der Waals surface area contributed by atoms with E-state index in [0.29, 0.717) is 17.5 Å². The molecule has 0 bridgehead atoms. The lowest BCUT2D eigenvalue weighted by molar-refractivity contribution is 0.669. The molecule has 3 heterocycles. The van der Waals surface area contributed by atoms with E-state index in [4.69, 9.17) is 19.4 Å². The van der Waals surface area contributed by atoms with Gasteiger partial charge in [-0.2, -0.15) is 0 Å². The first kappa shape index (κ1) is 31.7. The Kier molecular flexibility index (Phi) is 6.57. The molecule has 0 aliphatic rings. The van der Waals surface area contributed by atoms with E-state index in [1.165, 1.54) is 52.5 Å². The van der Waals surface area contributed by atoms with Crippen LogP contribution in [-0.2, 0) is 0 Å². The summed E-state index contributed by atoms with van der Waals surface area (Å²) >= 11 is 1.84. The standard InChI is InChI=1S/C53H29N3OS/c1-2-14-32-28-46-43(26-31(32)13-1)49-47(58-46)29-42-37-19-6-5-17-35(37)36-18-7-8-21-40(36)48(42)50(49)53-55-51(33-24-25-39-38-20-9-10-23-44(38)57-45(39)27-33)54-52(56-53)41-22-11-15-30-12-3-4-16-34(30)41/h1-29H. The van der Waals surface area contributed by atoms with E-state index in [1.54, 1.807) is 0 Å². The van der Waals surface area contributed by atoms with Gasteiger partial charge in [0.25, 0.3) is 0 Å². The molecule has 5 heteroatoms. The Morgan fingerprint density at radius 2 is 0.948 bits per heavy atom. The van der Waals surface area contributed by atoms with Gasteiger partial charge in [-0.1, -0.05) is 140 Å². The first-order valence-corrected chi connectivity index (χ1v) is 20.3. The van der Waals surface area contributed by atoms with E-state index in [2.05, 4.69) is 164 Å². The van der Waals surface area contributed by atoms with Crippen LogP contribution in [0.1, 0.15) is 0 Å². The van der Waals surface area contributed by atoms with Crippen molar-refractivity contribution in [1.29, 1.82) is 0 Å². The van der Waals surface area contributed by atoms with Crippen molar-refractivity contribution < 1.29 is 4.42 Å². The second-order valence-electron chi connectivity index (χ2n) is 15.1. The van der Waals surface area contributed by atoms with Crippen molar-refractivity contribution in [2.24, 2.45) is 0 Å². The molecule has 0 aliphatic heterocycles. The van der Waals surface area contributed by atoms with Crippen molar-refractivity contribution in [3.63, 3.8) is 0 Å². The number of benzene rings is 10. The van der Waals surface area contributed by atoms with Crippen LogP contribution < -0.4 is 0 Å². The number of fused-ring (bicyclic) bond motifs is 14. The summed E-state index contributed by atoms with van der Waals surface area (Å²) in [6, 6.07) is 62.6. The molecule has 13 aromatic rings. The zero-order valence-electron chi connectivity index (χ0n) is 30.9. The van der Waals surface area contributed by atoms with Gasteiger partial charge in [0.2, 0.25) is 0 Å². The molecular formula is C53H29N3OS. The number of aromatic nitrogens is 3. The fourth-order valence-electron chi connectivity index (χ4n) is 9.25. The zero-order chi connectivity index (χ0) is 37.9.